The van der Waals surface area contributed by atoms with E-state index in [1.165, 1.54) is 0 Å². The number of rotatable bonds is 2. The van der Waals surface area contributed by atoms with E-state index < -0.39 is 12.9 Å². The van der Waals surface area contributed by atoms with Gasteiger partial charge in [0.25, 0.3) is 0 Å². The predicted molar refractivity (Wildman–Crippen MR) is 53.4 cm³/mol. The molecule has 1 aliphatic heterocycles. The summed E-state index contributed by atoms with van der Waals surface area (Å²) in [4.78, 5) is 0. The second-order valence-corrected chi connectivity index (χ2v) is 4.64. The van der Waals surface area contributed by atoms with Crippen molar-refractivity contribution in [2.24, 2.45) is 0 Å². The van der Waals surface area contributed by atoms with Crippen LogP contribution in [0.25, 0.3) is 0 Å². The van der Waals surface area contributed by atoms with Gasteiger partial charge >= 0.3 is 8.60 Å². The monoisotopic (exact) mass is 242 g/mol. The van der Waals surface area contributed by atoms with Crippen molar-refractivity contribution in [2.75, 3.05) is 6.61 Å². The lowest BCUT2D eigenvalue weighted by molar-refractivity contribution is 0.189. The van der Waals surface area contributed by atoms with E-state index in [2.05, 4.69) is 13.2 Å². The molecule has 0 amide bonds. The SMILES string of the molecule is C=C1OP(OCC)OC(=C)C1(Cl)Cl. The molecule has 0 unspecified atom stereocenters. The maximum absolute atomic E-state index is 5.81. The molecule has 1 fully saturated rings. The van der Waals surface area contributed by atoms with Crippen molar-refractivity contribution in [1.29, 1.82) is 0 Å². The van der Waals surface area contributed by atoms with E-state index in [1.54, 1.807) is 0 Å². The van der Waals surface area contributed by atoms with Crippen molar-refractivity contribution < 1.29 is 13.6 Å². The van der Waals surface area contributed by atoms with Crippen molar-refractivity contribution in [3.05, 3.63) is 24.7 Å². The summed E-state index contributed by atoms with van der Waals surface area (Å²) in [6, 6.07) is 0. The molecule has 0 spiro atoms. The molecular weight excluding hydrogens is 234 g/mol. The number of alkyl halides is 2. The largest absolute Gasteiger partial charge is 0.462 e. The predicted octanol–water partition coefficient (Wildman–Crippen LogP) is 3.50. The highest BCUT2D eigenvalue weighted by Crippen LogP contribution is 2.56. The van der Waals surface area contributed by atoms with Gasteiger partial charge in [-0.05, 0) is 6.92 Å². The summed E-state index contributed by atoms with van der Waals surface area (Å²) in [5.74, 6) is 0.373. The number of hydrogen-bond acceptors (Lipinski definition) is 3. The summed E-state index contributed by atoms with van der Waals surface area (Å²) < 4.78 is 13.9. The van der Waals surface area contributed by atoms with E-state index in [4.69, 9.17) is 36.8 Å². The Labute approximate surface area is 88.3 Å². The minimum absolute atomic E-state index is 0.187. The lowest BCUT2D eigenvalue weighted by Gasteiger charge is -2.32. The zero-order valence-corrected chi connectivity index (χ0v) is 9.46. The van der Waals surface area contributed by atoms with Gasteiger partial charge in [-0.25, -0.2) is 0 Å². The zero-order valence-electron chi connectivity index (χ0n) is 7.05. The Morgan fingerprint density at radius 3 is 2.23 bits per heavy atom. The first-order valence-electron chi connectivity index (χ1n) is 3.54. The van der Waals surface area contributed by atoms with Gasteiger partial charge in [-0.3, -0.25) is 4.52 Å². The Hall–Kier alpha value is 0.0500. The fourth-order valence-corrected chi connectivity index (χ4v) is 1.98. The van der Waals surface area contributed by atoms with E-state index in [9.17, 15) is 0 Å². The van der Waals surface area contributed by atoms with Gasteiger partial charge in [0.15, 0.2) is 0 Å². The third kappa shape index (κ3) is 2.29. The molecule has 1 heterocycles. The van der Waals surface area contributed by atoms with E-state index in [0.717, 1.165) is 0 Å². The van der Waals surface area contributed by atoms with Gasteiger partial charge in [-0.2, -0.15) is 0 Å². The van der Waals surface area contributed by atoms with Gasteiger partial charge < -0.3 is 9.05 Å². The molecule has 6 heteroatoms. The molecule has 1 saturated heterocycles. The van der Waals surface area contributed by atoms with Crippen LogP contribution < -0.4 is 0 Å². The molecule has 0 atom stereocenters. The van der Waals surface area contributed by atoms with Crippen LogP contribution in [-0.2, 0) is 13.6 Å². The number of halogens is 2. The quantitative estimate of drug-likeness (QED) is 0.548. The lowest BCUT2D eigenvalue weighted by Crippen LogP contribution is -2.25. The van der Waals surface area contributed by atoms with Gasteiger partial charge in [0.1, 0.15) is 11.5 Å². The molecule has 0 aromatic rings. The maximum Gasteiger partial charge on any atom is 0.462 e. The summed E-state index contributed by atoms with van der Waals surface area (Å²) in [5.41, 5.74) is 0. The summed E-state index contributed by atoms with van der Waals surface area (Å²) in [5, 5.41) is 0. The molecule has 74 valence electrons. The van der Waals surface area contributed by atoms with E-state index in [1.807, 2.05) is 6.92 Å². The summed E-state index contributed by atoms with van der Waals surface area (Å²) >= 11 is 11.6. The average molecular weight is 243 g/mol. The third-order valence-electron chi connectivity index (χ3n) is 1.30. The molecule has 1 rings (SSSR count). The van der Waals surface area contributed by atoms with Crippen LogP contribution in [0.1, 0.15) is 6.92 Å². The Morgan fingerprint density at radius 1 is 1.38 bits per heavy atom. The van der Waals surface area contributed by atoms with Crippen LogP contribution in [0, 0.1) is 0 Å². The van der Waals surface area contributed by atoms with Crippen molar-refractivity contribution in [3.63, 3.8) is 0 Å². The minimum atomic E-state index is -1.48. The van der Waals surface area contributed by atoms with Gasteiger partial charge in [-0.1, -0.05) is 36.4 Å². The highest BCUT2D eigenvalue weighted by Gasteiger charge is 2.43. The second-order valence-electron chi connectivity index (χ2n) is 2.24. The van der Waals surface area contributed by atoms with Crippen LogP contribution in [0.4, 0.5) is 0 Å². The standard InChI is InChI=1S/C7H9Cl2O3P/c1-4-10-13-11-5(2)7(8,9)6(3)12-13/h2-4H2,1H3. The highest BCUT2D eigenvalue weighted by atomic mass is 35.5. The van der Waals surface area contributed by atoms with E-state index >= 15 is 0 Å². The van der Waals surface area contributed by atoms with Crippen LogP contribution in [0.3, 0.4) is 0 Å². The van der Waals surface area contributed by atoms with Crippen LogP contribution in [0.5, 0.6) is 0 Å². The molecule has 0 aromatic heterocycles. The Kier molecular flexibility index (Phi) is 3.47. The third-order valence-corrected chi connectivity index (χ3v) is 3.36. The molecule has 13 heavy (non-hydrogen) atoms. The number of hydrogen-bond donors (Lipinski definition) is 0. The van der Waals surface area contributed by atoms with Gasteiger partial charge in [0.2, 0.25) is 4.33 Å². The summed E-state index contributed by atoms with van der Waals surface area (Å²) in [7, 11) is -1.48. The lowest BCUT2D eigenvalue weighted by atomic mass is 10.3. The van der Waals surface area contributed by atoms with Gasteiger partial charge in [-0.15, -0.1) is 0 Å². The second kappa shape index (κ2) is 4.05. The normalized spacial score (nSPS) is 22.4. The molecule has 0 aromatic carbocycles. The molecule has 0 saturated carbocycles. The first-order chi connectivity index (χ1) is 5.98. The smallest absolute Gasteiger partial charge is 0.419 e. The first kappa shape index (κ1) is 11.1. The van der Waals surface area contributed by atoms with Crippen molar-refractivity contribution in [1.82, 2.24) is 0 Å². The zero-order chi connectivity index (χ0) is 10.1. The average Bonchev–Trinajstić information content (AvgIpc) is 2.02. The molecule has 0 bridgehead atoms. The van der Waals surface area contributed by atoms with E-state index in [0.29, 0.717) is 6.61 Å². The molecule has 0 aliphatic carbocycles. The first-order valence-corrected chi connectivity index (χ1v) is 5.39. The Bertz CT molecular complexity index is 222. The Balaban J connectivity index is 2.68. The van der Waals surface area contributed by atoms with Crippen molar-refractivity contribution in [3.8, 4) is 0 Å². The van der Waals surface area contributed by atoms with Crippen molar-refractivity contribution in [2.45, 2.75) is 11.3 Å². The topological polar surface area (TPSA) is 27.7 Å². The maximum atomic E-state index is 5.81. The van der Waals surface area contributed by atoms with E-state index in [-0.39, 0.29) is 11.5 Å². The van der Waals surface area contributed by atoms with Gasteiger partial charge in [0, 0.05) is 0 Å². The minimum Gasteiger partial charge on any atom is -0.419 e. The fraction of sp³-hybridized carbons (Fsp3) is 0.429. The summed E-state index contributed by atoms with van der Waals surface area (Å²) in [6.07, 6.45) is 0. The van der Waals surface area contributed by atoms with Crippen LogP contribution in [-0.4, -0.2) is 10.9 Å². The Morgan fingerprint density at radius 2 is 1.85 bits per heavy atom. The van der Waals surface area contributed by atoms with Gasteiger partial charge in [0.05, 0.1) is 6.61 Å². The molecule has 3 nitrogen and oxygen atoms in total. The molecule has 0 N–H and O–H groups in total. The summed E-state index contributed by atoms with van der Waals surface area (Å²) in [6.45, 7) is 9.42. The highest BCUT2D eigenvalue weighted by molar-refractivity contribution is 7.42. The van der Waals surface area contributed by atoms with Crippen LogP contribution in [0.15, 0.2) is 24.7 Å². The fourth-order valence-electron chi connectivity index (χ4n) is 0.627. The molecule has 0 radical (unpaired) electrons. The van der Waals surface area contributed by atoms with Crippen LogP contribution >= 0.6 is 31.8 Å². The van der Waals surface area contributed by atoms with Crippen molar-refractivity contribution >= 4 is 31.8 Å². The molecule has 1 aliphatic rings. The van der Waals surface area contributed by atoms with Crippen LogP contribution in [0.2, 0.25) is 0 Å². The molecular formula is C7H9Cl2O3P.